The van der Waals surface area contributed by atoms with Gasteiger partial charge in [0.2, 0.25) is 0 Å². The Morgan fingerprint density at radius 3 is 2.50 bits per heavy atom. The van der Waals surface area contributed by atoms with Crippen LogP contribution < -0.4 is 10.6 Å². The highest BCUT2D eigenvalue weighted by molar-refractivity contribution is 6.31. The van der Waals surface area contributed by atoms with Crippen molar-refractivity contribution in [3.63, 3.8) is 0 Å². The smallest absolute Gasteiger partial charge is 0.317 e. The van der Waals surface area contributed by atoms with Crippen LogP contribution in [-0.2, 0) is 6.54 Å². The fourth-order valence-electron chi connectivity index (χ4n) is 2.27. The van der Waals surface area contributed by atoms with Crippen LogP contribution in [0.25, 0.3) is 0 Å². The molecule has 2 aromatic rings. The van der Waals surface area contributed by atoms with E-state index in [2.05, 4.69) is 10.6 Å². The third-order valence-corrected chi connectivity index (χ3v) is 4.20. The van der Waals surface area contributed by atoms with Crippen molar-refractivity contribution in [3.8, 4) is 0 Å². The number of nitrogens with zero attached hydrogens (tertiary/aromatic N) is 1. The van der Waals surface area contributed by atoms with Gasteiger partial charge in [-0.1, -0.05) is 35.9 Å². The van der Waals surface area contributed by atoms with Crippen LogP contribution >= 0.6 is 11.6 Å². The molecule has 0 atom stereocenters. The highest BCUT2D eigenvalue weighted by Crippen LogP contribution is 2.16. The number of benzene rings is 2. The highest BCUT2D eigenvalue weighted by Gasteiger charge is 2.11. The summed E-state index contributed by atoms with van der Waals surface area (Å²) in [6.45, 7) is 2.50. The number of carbonyl (C=O) groups is 2. The Hall–Kier alpha value is -2.60. The fraction of sp³-hybridized carbons (Fsp3) is 0.263. The van der Waals surface area contributed by atoms with Crippen molar-refractivity contribution in [1.82, 2.24) is 15.5 Å². The molecule has 0 spiro atoms. The van der Waals surface area contributed by atoms with Gasteiger partial charge in [0.1, 0.15) is 5.82 Å². The Balaban J connectivity index is 1.74. The number of aryl methyl sites for hydroxylation is 1. The van der Waals surface area contributed by atoms with Gasteiger partial charge in [-0.15, -0.1) is 0 Å². The van der Waals surface area contributed by atoms with Crippen LogP contribution in [0.3, 0.4) is 0 Å². The maximum absolute atomic E-state index is 13.5. The molecule has 5 nitrogen and oxygen atoms in total. The van der Waals surface area contributed by atoms with E-state index >= 15 is 0 Å². The van der Waals surface area contributed by atoms with E-state index in [9.17, 15) is 14.0 Å². The van der Waals surface area contributed by atoms with Crippen molar-refractivity contribution in [2.75, 3.05) is 20.1 Å². The minimum Gasteiger partial charge on any atom is -0.350 e. The average Bonchev–Trinajstić information content (AvgIpc) is 2.62. The van der Waals surface area contributed by atoms with Crippen LogP contribution in [0, 0.1) is 12.7 Å². The molecule has 0 aliphatic carbocycles. The summed E-state index contributed by atoms with van der Waals surface area (Å²) < 4.78 is 13.5. The summed E-state index contributed by atoms with van der Waals surface area (Å²) in [5, 5.41) is 5.94. The van der Waals surface area contributed by atoms with Crippen LogP contribution in [0.15, 0.2) is 42.5 Å². The fourth-order valence-corrected chi connectivity index (χ4v) is 2.47. The van der Waals surface area contributed by atoms with Crippen molar-refractivity contribution in [1.29, 1.82) is 0 Å². The van der Waals surface area contributed by atoms with Gasteiger partial charge in [0.05, 0.1) is 0 Å². The number of rotatable bonds is 6. The second-order valence-electron chi connectivity index (χ2n) is 5.90. The molecular formula is C19H21ClFN3O2. The van der Waals surface area contributed by atoms with Crippen LogP contribution in [0.2, 0.25) is 5.02 Å². The molecule has 138 valence electrons. The zero-order valence-electron chi connectivity index (χ0n) is 14.7. The highest BCUT2D eigenvalue weighted by atomic mass is 35.5. The molecule has 0 aliphatic heterocycles. The maximum Gasteiger partial charge on any atom is 0.317 e. The molecule has 0 aliphatic rings. The van der Waals surface area contributed by atoms with Crippen molar-refractivity contribution >= 4 is 23.5 Å². The summed E-state index contributed by atoms with van der Waals surface area (Å²) in [4.78, 5) is 25.5. The molecule has 3 amide bonds. The second-order valence-corrected chi connectivity index (χ2v) is 6.31. The Morgan fingerprint density at radius 2 is 1.81 bits per heavy atom. The summed E-state index contributed by atoms with van der Waals surface area (Å²) in [7, 11) is 1.66. The summed E-state index contributed by atoms with van der Waals surface area (Å²) in [6.07, 6.45) is 0. The van der Waals surface area contributed by atoms with E-state index in [4.69, 9.17) is 11.6 Å². The number of amides is 3. The summed E-state index contributed by atoms with van der Waals surface area (Å²) in [5.41, 5.74) is 1.58. The molecule has 0 heterocycles. The molecule has 2 N–H and O–H groups in total. The third kappa shape index (κ3) is 5.46. The third-order valence-electron chi connectivity index (χ3n) is 3.83. The van der Waals surface area contributed by atoms with Gasteiger partial charge in [0, 0.05) is 37.3 Å². The lowest BCUT2D eigenvalue weighted by molar-refractivity contribution is 0.0953. The van der Waals surface area contributed by atoms with Gasteiger partial charge in [-0.25, -0.2) is 9.18 Å². The largest absolute Gasteiger partial charge is 0.350 e. The van der Waals surface area contributed by atoms with Gasteiger partial charge in [0.25, 0.3) is 5.91 Å². The maximum atomic E-state index is 13.5. The van der Waals surface area contributed by atoms with Crippen molar-refractivity contribution in [2.24, 2.45) is 0 Å². The number of hydrogen-bond acceptors (Lipinski definition) is 2. The zero-order chi connectivity index (χ0) is 19.1. The first-order valence-electron chi connectivity index (χ1n) is 8.15. The van der Waals surface area contributed by atoms with Gasteiger partial charge in [-0.2, -0.15) is 0 Å². The lowest BCUT2D eigenvalue weighted by Gasteiger charge is -2.18. The van der Waals surface area contributed by atoms with Crippen LogP contribution in [-0.4, -0.2) is 37.0 Å². The van der Waals surface area contributed by atoms with Gasteiger partial charge < -0.3 is 15.5 Å². The molecule has 0 saturated heterocycles. The van der Waals surface area contributed by atoms with E-state index < -0.39 is 5.82 Å². The van der Waals surface area contributed by atoms with Gasteiger partial charge in [0.15, 0.2) is 0 Å². The monoisotopic (exact) mass is 377 g/mol. The van der Waals surface area contributed by atoms with Crippen LogP contribution in [0.5, 0.6) is 0 Å². The molecule has 0 bridgehead atoms. The number of urea groups is 1. The molecule has 2 aromatic carbocycles. The first-order chi connectivity index (χ1) is 12.4. The molecule has 26 heavy (non-hydrogen) atoms. The summed E-state index contributed by atoms with van der Waals surface area (Å²) >= 11 is 6.08. The van der Waals surface area contributed by atoms with E-state index in [1.54, 1.807) is 32.2 Å². The van der Waals surface area contributed by atoms with E-state index in [1.165, 1.54) is 11.0 Å². The number of nitrogens with one attached hydrogen (secondary N) is 2. The van der Waals surface area contributed by atoms with Crippen LogP contribution in [0.4, 0.5) is 9.18 Å². The van der Waals surface area contributed by atoms with Gasteiger partial charge in [-0.3, -0.25) is 4.79 Å². The van der Waals surface area contributed by atoms with Gasteiger partial charge in [-0.05, 0) is 36.2 Å². The summed E-state index contributed by atoms with van der Waals surface area (Å²) in [5.74, 6) is -0.810. The van der Waals surface area contributed by atoms with E-state index in [0.29, 0.717) is 17.1 Å². The van der Waals surface area contributed by atoms with E-state index in [0.717, 1.165) is 5.56 Å². The topological polar surface area (TPSA) is 61.4 Å². The van der Waals surface area contributed by atoms with E-state index in [1.807, 2.05) is 18.2 Å². The lowest BCUT2D eigenvalue weighted by atomic mass is 10.1. The first-order valence-corrected chi connectivity index (χ1v) is 8.53. The lowest BCUT2D eigenvalue weighted by Crippen LogP contribution is -2.41. The molecule has 0 aromatic heterocycles. The molecular weight excluding hydrogens is 357 g/mol. The molecule has 7 heteroatoms. The normalized spacial score (nSPS) is 10.3. The minimum atomic E-state index is -0.424. The Morgan fingerprint density at radius 1 is 1.12 bits per heavy atom. The van der Waals surface area contributed by atoms with Crippen LogP contribution in [0.1, 0.15) is 21.5 Å². The van der Waals surface area contributed by atoms with Crippen molar-refractivity contribution in [3.05, 3.63) is 70.0 Å². The predicted octanol–water partition coefficient (Wildman–Crippen LogP) is 3.36. The Labute approximate surface area is 157 Å². The number of carbonyl (C=O) groups excluding carboxylic acids is 2. The van der Waals surface area contributed by atoms with Crippen molar-refractivity contribution < 1.29 is 14.0 Å². The predicted molar refractivity (Wildman–Crippen MR) is 99.8 cm³/mol. The molecule has 0 saturated carbocycles. The molecule has 0 fully saturated rings. The Kier molecular flexibility index (Phi) is 6.97. The molecule has 2 rings (SSSR count). The van der Waals surface area contributed by atoms with Crippen molar-refractivity contribution in [2.45, 2.75) is 13.5 Å². The SMILES string of the molecule is Cc1ccc(C(=O)NCCNC(=O)N(C)Cc2ccccc2Cl)cc1F. The standard InChI is InChI=1S/C19H21ClFN3O2/c1-13-7-8-14(11-17(13)21)18(25)22-9-10-23-19(26)24(2)12-15-5-3-4-6-16(15)20/h3-8,11H,9-10,12H2,1-2H3,(H,22,25)(H,23,26). The number of hydrogen-bond donors (Lipinski definition) is 2. The minimum absolute atomic E-state index is 0.236. The van der Waals surface area contributed by atoms with Gasteiger partial charge >= 0.3 is 6.03 Å². The van der Waals surface area contributed by atoms with E-state index in [-0.39, 0.29) is 30.6 Å². The zero-order valence-corrected chi connectivity index (χ0v) is 15.4. The quantitative estimate of drug-likeness (QED) is 0.758. The second kappa shape index (κ2) is 9.20. The first kappa shape index (κ1) is 19.7. The molecule has 0 unspecified atom stereocenters. The number of halogens is 2. The molecule has 0 radical (unpaired) electrons. The summed E-state index contributed by atoms with van der Waals surface area (Å²) in [6, 6.07) is 11.3. The average molecular weight is 378 g/mol. The Bertz CT molecular complexity index is 798.